The maximum absolute atomic E-state index is 13.2. The number of nitrogens with zero attached hydrogens (tertiary/aromatic N) is 2. The second kappa shape index (κ2) is 7.93. The average molecular weight is 403 g/mol. The van der Waals surface area contributed by atoms with E-state index in [4.69, 9.17) is 4.74 Å². The van der Waals surface area contributed by atoms with Crippen molar-refractivity contribution < 1.29 is 17.9 Å². The van der Waals surface area contributed by atoms with Crippen molar-refractivity contribution in [2.75, 3.05) is 33.3 Å². The van der Waals surface area contributed by atoms with E-state index in [0.29, 0.717) is 24.4 Å². The molecule has 0 saturated carbocycles. The van der Waals surface area contributed by atoms with Crippen LogP contribution >= 0.6 is 0 Å². The summed E-state index contributed by atoms with van der Waals surface area (Å²) in [4.78, 5) is 14.7. The summed E-state index contributed by atoms with van der Waals surface area (Å²) in [7, 11) is -2.22. The second-order valence-electron chi connectivity index (χ2n) is 7.10. The van der Waals surface area contributed by atoms with Gasteiger partial charge in [-0.1, -0.05) is 18.2 Å². The molecule has 0 aliphatic carbocycles. The van der Waals surface area contributed by atoms with E-state index in [0.717, 1.165) is 16.7 Å². The smallest absolute Gasteiger partial charge is 0.254 e. The van der Waals surface area contributed by atoms with Crippen molar-refractivity contribution in [2.24, 2.45) is 0 Å². The lowest BCUT2D eigenvalue weighted by atomic mass is 10.1. The molecule has 1 amide bonds. The lowest BCUT2D eigenvalue weighted by Gasteiger charge is -2.34. The number of piperazine rings is 1. The number of benzene rings is 2. The molecular formula is C21H26N2O4S. The first-order valence-corrected chi connectivity index (χ1v) is 10.7. The number of carbonyl (C=O) groups excluding carboxylic acids is 1. The van der Waals surface area contributed by atoms with Gasteiger partial charge in [0, 0.05) is 31.7 Å². The number of carbonyl (C=O) groups is 1. The van der Waals surface area contributed by atoms with Crippen LogP contribution in [0.4, 0.5) is 0 Å². The van der Waals surface area contributed by atoms with Crippen molar-refractivity contribution in [3.05, 3.63) is 58.7 Å². The van der Waals surface area contributed by atoms with Crippen LogP contribution in [0.5, 0.6) is 5.75 Å². The summed E-state index contributed by atoms with van der Waals surface area (Å²) in [5.41, 5.74) is 3.45. The highest BCUT2D eigenvalue weighted by molar-refractivity contribution is 7.89. The van der Waals surface area contributed by atoms with E-state index < -0.39 is 10.0 Å². The van der Waals surface area contributed by atoms with Crippen molar-refractivity contribution in [3.63, 3.8) is 0 Å². The molecule has 0 atom stereocenters. The predicted octanol–water partition coefficient (Wildman–Crippen LogP) is 2.77. The van der Waals surface area contributed by atoms with Crippen molar-refractivity contribution in [1.29, 1.82) is 0 Å². The Kier molecular flexibility index (Phi) is 5.76. The van der Waals surface area contributed by atoms with E-state index in [-0.39, 0.29) is 23.9 Å². The standard InChI is InChI=1S/C21H26N2O4S/c1-15-7-5-6-8-18(15)21(24)22-9-11-23(12-10-22)28(25,26)20-14-17(3)16(2)13-19(20)27-4/h5-8,13-14H,9-12H2,1-4H3. The molecular weight excluding hydrogens is 376 g/mol. The number of hydrogen-bond acceptors (Lipinski definition) is 4. The lowest BCUT2D eigenvalue weighted by molar-refractivity contribution is 0.0697. The quantitative estimate of drug-likeness (QED) is 0.789. The van der Waals surface area contributed by atoms with Crippen molar-refractivity contribution in [1.82, 2.24) is 9.21 Å². The molecule has 150 valence electrons. The molecule has 1 fully saturated rings. The minimum atomic E-state index is -3.70. The summed E-state index contributed by atoms with van der Waals surface area (Å²) in [6.45, 7) is 6.95. The van der Waals surface area contributed by atoms with Gasteiger partial charge in [-0.25, -0.2) is 8.42 Å². The molecule has 6 nitrogen and oxygen atoms in total. The van der Waals surface area contributed by atoms with Gasteiger partial charge in [0.05, 0.1) is 7.11 Å². The van der Waals surface area contributed by atoms with Crippen molar-refractivity contribution in [3.8, 4) is 5.75 Å². The van der Waals surface area contributed by atoms with E-state index >= 15 is 0 Å². The van der Waals surface area contributed by atoms with E-state index in [2.05, 4.69) is 0 Å². The van der Waals surface area contributed by atoms with Gasteiger partial charge in [-0.2, -0.15) is 4.31 Å². The summed E-state index contributed by atoms with van der Waals surface area (Å²) >= 11 is 0. The Bertz CT molecular complexity index is 993. The molecule has 1 aliphatic rings. The maximum atomic E-state index is 13.2. The van der Waals surface area contributed by atoms with Crippen LogP contribution in [0.15, 0.2) is 41.3 Å². The molecule has 0 aromatic heterocycles. The first kappa shape index (κ1) is 20.4. The maximum Gasteiger partial charge on any atom is 0.254 e. The van der Waals surface area contributed by atoms with E-state index in [9.17, 15) is 13.2 Å². The topological polar surface area (TPSA) is 66.9 Å². The Morgan fingerprint density at radius 2 is 1.54 bits per heavy atom. The van der Waals surface area contributed by atoms with Gasteiger partial charge < -0.3 is 9.64 Å². The predicted molar refractivity (Wildman–Crippen MR) is 108 cm³/mol. The van der Waals surface area contributed by atoms with Crippen LogP contribution in [0.2, 0.25) is 0 Å². The van der Waals surface area contributed by atoms with Gasteiger partial charge in [-0.3, -0.25) is 4.79 Å². The molecule has 1 heterocycles. The summed E-state index contributed by atoms with van der Waals surface area (Å²) in [5, 5.41) is 0. The first-order valence-electron chi connectivity index (χ1n) is 9.26. The van der Waals surface area contributed by atoms with E-state index in [1.54, 1.807) is 23.1 Å². The van der Waals surface area contributed by atoms with Crippen molar-refractivity contribution in [2.45, 2.75) is 25.7 Å². The third kappa shape index (κ3) is 3.77. The Balaban J connectivity index is 1.79. The molecule has 3 rings (SSSR count). The number of sulfonamides is 1. The Morgan fingerprint density at radius 1 is 0.929 bits per heavy atom. The minimum Gasteiger partial charge on any atom is -0.495 e. The van der Waals surface area contributed by atoms with Gasteiger partial charge in [-0.15, -0.1) is 0 Å². The van der Waals surface area contributed by atoms with Crippen molar-refractivity contribution >= 4 is 15.9 Å². The molecule has 0 spiro atoms. The van der Waals surface area contributed by atoms with Crippen LogP contribution in [0, 0.1) is 20.8 Å². The fraction of sp³-hybridized carbons (Fsp3) is 0.381. The Hall–Kier alpha value is -2.38. The van der Waals surface area contributed by atoms with Gasteiger partial charge in [0.15, 0.2) is 0 Å². The second-order valence-corrected chi connectivity index (χ2v) is 9.00. The van der Waals surface area contributed by atoms with Crippen LogP contribution in [0.1, 0.15) is 27.0 Å². The molecule has 7 heteroatoms. The molecule has 2 aromatic carbocycles. The number of rotatable bonds is 4. The number of methoxy groups -OCH3 is 1. The fourth-order valence-electron chi connectivity index (χ4n) is 3.38. The summed E-state index contributed by atoms with van der Waals surface area (Å²) in [6.07, 6.45) is 0. The Morgan fingerprint density at radius 3 is 2.14 bits per heavy atom. The number of hydrogen-bond donors (Lipinski definition) is 0. The third-order valence-corrected chi connectivity index (χ3v) is 7.22. The van der Waals surface area contributed by atoms with Crippen LogP contribution in [-0.4, -0.2) is 56.8 Å². The zero-order chi connectivity index (χ0) is 20.5. The lowest BCUT2D eigenvalue weighted by Crippen LogP contribution is -2.50. The van der Waals surface area contributed by atoms with Gasteiger partial charge in [0.2, 0.25) is 10.0 Å². The highest BCUT2D eigenvalue weighted by atomic mass is 32.2. The third-order valence-electron chi connectivity index (χ3n) is 5.30. The highest BCUT2D eigenvalue weighted by Crippen LogP contribution is 2.30. The number of ether oxygens (including phenoxy) is 1. The van der Waals surface area contributed by atoms with Gasteiger partial charge in [-0.05, 0) is 55.7 Å². The molecule has 0 unspecified atom stereocenters. The zero-order valence-electron chi connectivity index (χ0n) is 16.7. The summed E-state index contributed by atoms with van der Waals surface area (Å²) in [6, 6.07) is 10.9. The number of amides is 1. The van der Waals surface area contributed by atoms with Crippen LogP contribution < -0.4 is 4.74 Å². The largest absolute Gasteiger partial charge is 0.495 e. The van der Waals surface area contributed by atoms with Gasteiger partial charge in [0.1, 0.15) is 10.6 Å². The molecule has 28 heavy (non-hydrogen) atoms. The van der Waals surface area contributed by atoms with Gasteiger partial charge >= 0.3 is 0 Å². The Labute approximate surface area is 166 Å². The monoisotopic (exact) mass is 402 g/mol. The number of aryl methyl sites for hydroxylation is 3. The van der Waals surface area contributed by atoms with Crippen LogP contribution in [0.3, 0.4) is 0 Å². The molecule has 1 aliphatic heterocycles. The molecule has 2 aromatic rings. The minimum absolute atomic E-state index is 0.0566. The highest BCUT2D eigenvalue weighted by Gasteiger charge is 2.32. The molecule has 1 saturated heterocycles. The zero-order valence-corrected chi connectivity index (χ0v) is 17.5. The normalized spacial score (nSPS) is 15.5. The van der Waals surface area contributed by atoms with Crippen LogP contribution in [-0.2, 0) is 10.0 Å². The first-order chi connectivity index (χ1) is 13.3. The molecule has 0 N–H and O–H groups in total. The SMILES string of the molecule is COc1cc(C)c(C)cc1S(=O)(=O)N1CCN(C(=O)c2ccccc2C)CC1. The average Bonchev–Trinajstić information content (AvgIpc) is 2.69. The molecule has 0 radical (unpaired) electrons. The summed E-state index contributed by atoms with van der Waals surface area (Å²) in [5.74, 6) is 0.292. The van der Waals surface area contributed by atoms with E-state index in [1.165, 1.54) is 11.4 Å². The molecule has 0 bridgehead atoms. The van der Waals surface area contributed by atoms with E-state index in [1.807, 2.05) is 39.0 Å². The summed E-state index contributed by atoms with van der Waals surface area (Å²) < 4.78 is 33.1. The van der Waals surface area contributed by atoms with Gasteiger partial charge in [0.25, 0.3) is 5.91 Å². The van der Waals surface area contributed by atoms with Crippen LogP contribution in [0.25, 0.3) is 0 Å². The fourth-order valence-corrected chi connectivity index (χ4v) is 5.02.